The summed E-state index contributed by atoms with van der Waals surface area (Å²) in [5.74, 6) is -0.515. The minimum absolute atomic E-state index is 0.0396. The van der Waals surface area contributed by atoms with Crippen molar-refractivity contribution in [3.05, 3.63) is 0 Å². The smallest absolute Gasteiger partial charge is 0.304 e. The number of nitrogens with zero attached hydrogens (tertiary/aromatic N) is 1. The topological polar surface area (TPSA) is 87.7 Å². The fourth-order valence-electron chi connectivity index (χ4n) is 2.62. The quantitative estimate of drug-likeness (QED) is 0.719. The molecule has 1 amide bonds. The Hall–Kier alpha value is -0.700. The zero-order chi connectivity index (χ0) is 15.7. The van der Waals surface area contributed by atoms with Gasteiger partial charge in [0.25, 0.3) is 0 Å². The molecule has 2 fully saturated rings. The van der Waals surface area contributed by atoms with Gasteiger partial charge in [-0.1, -0.05) is 6.92 Å². The van der Waals surface area contributed by atoms with Crippen LogP contribution in [0.4, 0.5) is 0 Å². The molecule has 1 saturated carbocycles. The van der Waals surface area contributed by atoms with Gasteiger partial charge < -0.3 is 10.1 Å². The molecule has 0 aromatic carbocycles. The van der Waals surface area contributed by atoms with Crippen LogP contribution in [0.25, 0.3) is 0 Å². The first-order valence-corrected chi connectivity index (χ1v) is 8.88. The predicted octanol–water partition coefficient (Wildman–Crippen LogP) is -0.0112. The third-order valence-electron chi connectivity index (χ3n) is 3.64. The molecular formula is C13H25N3O4S. The molecular weight excluding hydrogens is 294 g/mol. The molecule has 1 unspecified atom stereocenters. The highest BCUT2D eigenvalue weighted by molar-refractivity contribution is 7.87. The average Bonchev–Trinajstić information content (AvgIpc) is 3.11. The van der Waals surface area contributed by atoms with Crippen LogP contribution in [-0.2, 0) is 19.7 Å². The van der Waals surface area contributed by atoms with Gasteiger partial charge >= 0.3 is 10.2 Å². The molecule has 2 N–H and O–H groups in total. The van der Waals surface area contributed by atoms with Crippen LogP contribution in [0.3, 0.4) is 0 Å². The van der Waals surface area contributed by atoms with Gasteiger partial charge in [-0.25, -0.2) is 4.72 Å². The van der Waals surface area contributed by atoms with Gasteiger partial charge in [0.2, 0.25) is 5.91 Å². The summed E-state index contributed by atoms with van der Waals surface area (Å²) in [6.07, 6.45) is 1.47. The molecule has 1 aliphatic heterocycles. The second kappa shape index (κ2) is 6.20. The van der Waals surface area contributed by atoms with Gasteiger partial charge in [-0.15, -0.1) is 0 Å². The molecule has 1 saturated heterocycles. The SMILES string of the molecule is CCN(C1CC1)S(=O)(=O)NC(=O)CC1CNCC(C)(C)O1. The molecule has 1 aliphatic carbocycles. The lowest BCUT2D eigenvalue weighted by atomic mass is 10.1. The fourth-order valence-corrected chi connectivity index (χ4v) is 4.05. The van der Waals surface area contributed by atoms with Gasteiger partial charge in [-0.05, 0) is 26.7 Å². The summed E-state index contributed by atoms with van der Waals surface area (Å²) in [5.41, 5.74) is -0.342. The number of hydrogen-bond acceptors (Lipinski definition) is 5. The number of amides is 1. The van der Waals surface area contributed by atoms with Crippen molar-refractivity contribution >= 4 is 16.1 Å². The molecule has 122 valence electrons. The van der Waals surface area contributed by atoms with Crippen molar-refractivity contribution in [2.24, 2.45) is 0 Å². The van der Waals surface area contributed by atoms with E-state index in [-0.39, 0.29) is 24.2 Å². The Kier molecular flexibility index (Phi) is 4.92. The highest BCUT2D eigenvalue weighted by atomic mass is 32.2. The van der Waals surface area contributed by atoms with Crippen molar-refractivity contribution in [2.45, 2.75) is 57.8 Å². The first kappa shape index (κ1) is 16.7. The number of hydrogen-bond donors (Lipinski definition) is 2. The lowest BCUT2D eigenvalue weighted by Crippen LogP contribution is -2.52. The summed E-state index contributed by atoms with van der Waals surface area (Å²) in [5, 5.41) is 3.19. The van der Waals surface area contributed by atoms with E-state index < -0.39 is 16.1 Å². The second-order valence-corrected chi connectivity index (χ2v) is 7.92. The molecule has 8 heteroatoms. The summed E-state index contributed by atoms with van der Waals surface area (Å²) in [4.78, 5) is 12.0. The van der Waals surface area contributed by atoms with E-state index >= 15 is 0 Å². The van der Waals surface area contributed by atoms with Crippen LogP contribution >= 0.6 is 0 Å². The van der Waals surface area contributed by atoms with Crippen LogP contribution in [0, 0.1) is 0 Å². The second-order valence-electron chi connectivity index (χ2n) is 6.30. The standard InChI is InChI=1S/C13H25N3O4S/c1-4-16(10-5-6-10)21(18,19)15-12(17)7-11-8-14-9-13(2,3)20-11/h10-11,14H,4-9H2,1-3H3,(H,15,17). The number of carbonyl (C=O) groups is 1. The normalized spacial score (nSPS) is 25.8. The molecule has 0 aromatic heterocycles. The zero-order valence-corrected chi connectivity index (χ0v) is 13.7. The van der Waals surface area contributed by atoms with E-state index in [0.29, 0.717) is 19.6 Å². The molecule has 1 heterocycles. The van der Waals surface area contributed by atoms with E-state index in [1.54, 1.807) is 6.92 Å². The third kappa shape index (κ3) is 4.64. The molecule has 21 heavy (non-hydrogen) atoms. The average molecular weight is 319 g/mol. The summed E-state index contributed by atoms with van der Waals surface area (Å²) < 4.78 is 33.6. The van der Waals surface area contributed by atoms with Crippen molar-refractivity contribution in [1.29, 1.82) is 0 Å². The Balaban J connectivity index is 1.89. The maximum Gasteiger partial charge on any atom is 0.304 e. The van der Waals surface area contributed by atoms with Crippen molar-refractivity contribution in [1.82, 2.24) is 14.3 Å². The van der Waals surface area contributed by atoms with Crippen molar-refractivity contribution in [2.75, 3.05) is 19.6 Å². The van der Waals surface area contributed by atoms with Gasteiger partial charge in [0.15, 0.2) is 0 Å². The monoisotopic (exact) mass is 319 g/mol. The minimum Gasteiger partial charge on any atom is -0.369 e. The van der Waals surface area contributed by atoms with E-state index in [4.69, 9.17) is 4.74 Å². The first-order chi connectivity index (χ1) is 9.73. The van der Waals surface area contributed by atoms with Crippen LogP contribution < -0.4 is 10.0 Å². The van der Waals surface area contributed by atoms with Crippen LogP contribution in [-0.4, -0.2) is 56.0 Å². The van der Waals surface area contributed by atoms with Gasteiger partial charge in [0.05, 0.1) is 18.1 Å². The first-order valence-electron chi connectivity index (χ1n) is 7.44. The molecule has 2 rings (SSSR count). The molecule has 7 nitrogen and oxygen atoms in total. The minimum atomic E-state index is -3.73. The van der Waals surface area contributed by atoms with Crippen LogP contribution in [0.5, 0.6) is 0 Å². The van der Waals surface area contributed by atoms with Crippen molar-refractivity contribution in [3.8, 4) is 0 Å². The Morgan fingerprint density at radius 1 is 1.43 bits per heavy atom. The number of nitrogens with one attached hydrogen (secondary N) is 2. The Bertz CT molecular complexity index is 488. The van der Waals surface area contributed by atoms with Crippen LogP contribution in [0.1, 0.15) is 40.0 Å². The summed E-state index contributed by atoms with van der Waals surface area (Å²) in [6, 6.07) is 0.0480. The van der Waals surface area contributed by atoms with Gasteiger partial charge in [-0.2, -0.15) is 12.7 Å². The summed E-state index contributed by atoms with van der Waals surface area (Å²) >= 11 is 0. The molecule has 0 spiro atoms. The lowest BCUT2D eigenvalue weighted by Gasteiger charge is -2.36. The fraction of sp³-hybridized carbons (Fsp3) is 0.923. The van der Waals surface area contributed by atoms with E-state index in [0.717, 1.165) is 12.8 Å². The molecule has 0 aromatic rings. The zero-order valence-electron chi connectivity index (χ0n) is 12.9. The van der Waals surface area contributed by atoms with E-state index in [2.05, 4.69) is 10.0 Å². The summed E-state index contributed by atoms with van der Waals surface area (Å²) in [6.45, 7) is 7.30. The number of ether oxygens (including phenoxy) is 1. The van der Waals surface area contributed by atoms with E-state index in [1.165, 1.54) is 4.31 Å². The number of morpholine rings is 1. The van der Waals surface area contributed by atoms with Crippen molar-refractivity contribution in [3.63, 3.8) is 0 Å². The molecule has 0 bridgehead atoms. The highest BCUT2D eigenvalue weighted by Crippen LogP contribution is 2.28. The van der Waals surface area contributed by atoms with Crippen LogP contribution in [0.2, 0.25) is 0 Å². The molecule has 0 radical (unpaired) electrons. The van der Waals surface area contributed by atoms with E-state index in [1.807, 2.05) is 13.8 Å². The highest BCUT2D eigenvalue weighted by Gasteiger charge is 2.37. The maximum atomic E-state index is 12.2. The van der Waals surface area contributed by atoms with Crippen LogP contribution in [0.15, 0.2) is 0 Å². The van der Waals surface area contributed by atoms with Gasteiger partial charge in [-0.3, -0.25) is 4.79 Å². The molecule has 1 atom stereocenters. The maximum absolute atomic E-state index is 12.2. The summed E-state index contributed by atoms with van der Waals surface area (Å²) in [7, 11) is -3.73. The largest absolute Gasteiger partial charge is 0.369 e. The Morgan fingerprint density at radius 2 is 2.10 bits per heavy atom. The van der Waals surface area contributed by atoms with E-state index in [9.17, 15) is 13.2 Å². The predicted molar refractivity (Wildman–Crippen MR) is 78.9 cm³/mol. The Labute approximate surface area is 126 Å². The molecule has 2 aliphatic rings. The van der Waals surface area contributed by atoms with Crippen molar-refractivity contribution < 1.29 is 17.9 Å². The van der Waals surface area contributed by atoms with Gasteiger partial charge in [0.1, 0.15) is 0 Å². The lowest BCUT2D eigenvalue weighted by molar-refractivity contribution is -0.130. The third-order valence-corrected chi connectivity index (χ3v) is 5.30. The number of rotatable bonds is 6. The number of carbonyl (C=O) groups excluding carboxylic acids is 1. The van der Waals surface area contributed by atoms with Gasteiger partial charge in [0, 0.05) is 25.7 Å². The Morgan fingerprint density at radius 3 is 2.62 bits per heavy atom.